The number of aliphatic imine (C=N–C) groups is 1. The third-order valence-electron chi connectivity index (χ3n) is 3.79. The number of amidine groups is 1. The number of likely N-dealkylation sites (N-methyl/N-ethyl adjacent to an activating group) is 1. The number of aromatic carboxylic acids is 1. The lowest BCUT2D eigenvalue weighted by atomic mass is 10.2. The first-order chi connectivity index (χ1) is 13.0. The average molecular weight is 382 g/mol. The number of ether oxygens (including phenoxy) is 1. The van der Waals surface area contributed by atoms with Crippen molar-refractivity contribution in [2.45, 2.75) is 6.92 Å². The molecule has 1 heterocycles. The van der Waals surface area contributed by atoms with Crippen LogP contribution < -0.4 is 4.74 Å². The summed E-state index contributed by atoms with van der Waals surface area (Å²) in [6.45, 7) is 2.49. The Kier molecular flexibility index (Phi) is 5.61. The van der Waals surface area contributed by atoms with Crippen LogP contribution >= 0.6 is 11.8 Å². The SMILES string of the molecule is CCOc1cccc(/C=C2/SC(=Nc3cccc(C(=O)O)c3)N(C)C2=O)c1. The first-order valence-corrected chi connectivity index (χ1v) is 9.12. The lowest BCUT2D eigenvalue weighted by Crippen LogP contribution is -2.23. The van der Waals surface area contributed by atoms with E-state index in [9.17, 15) is 9.59 Å². The standard InChI is InChI=1S/C20H18N2O4S/c1-3-26-16-9-4-6-13(10-16)11-17-18(23)22(2)20(27-17)21-15-8-5-7-14(12-15)19(24)25/h4-12H,3H2,1-2H3,(H,24,25)/b17-11+,21-20?. The van der Waals surface area contributed by atoms with Crippen molar-refractivity contribution in [3.63, 3.8) is 0 Å². The summed E-state index contributed by atoms with van der Waals surface area (Å²) in [5, 5.41) is 9.59. The van der Waals surface area contributed by atoms with Crippen molar-refractivity contribution >= 4 is 40.6 Å². The van der Waals surface area contributed by atoms with E-state index in [0.29, 0.717) is 22.4 Å². The molecule has 7 heteroatoms. The number of hydrogen-bond donors (Lipinski definition) is 1. The molecule has 0 aliphatic carbocycles. The van der Waals surface area contributed by atoms with Crippen LogP contribution in [0.5, 0.6) is 5.75 Å². The molecule has 1 saturated heterocycles. The zero-order valence-corrected chi connectivity index (χ0v) is 15.7. The Balaban J connectivity index is 1.87. The summed E-state index contributed by atoms with van der Waals surface area (Å²) in [6.07, 6.45) is 1.79. The zero-order valence-electron chi connectivity index (χ0n) is 14.9. The van der Waals surface area contributed by atoms with Gasteiger partial charge in [-0.3, -0.25) is 9.69 Å². The molecule has 138 valence electrons. The van der Waals surface area contributed by atoms with Crippen molar-refractivity contribution in [1.82, 2.24) is 4.90 Å². The lowest BCUT2D eigenvalue weighted by molar-refractivity contribution is -0.121. The van der Waals surface area contributed by atoms with Gasteiger partial charge in [0.1, 0.15) is 5.75 Å². The van der Waals surface area contributed by atoms with E-state index < -0.39 is 5.97 Å². The molecule has 1 N–H and O–H groups in total. The third-order valence-corrected chi connectivity index (χ3v) is 4.85. The van der Waals surface area contributed by atoms with Gasteiger partial charge in [-0.2, -0.15) is 0 Å². The van der Waals surface area contributed by atoms with Gasteiger partial charge in [0.2, 0.25) is 0 Å². The zero-order chi connectivity index (χ0) is 19.4. The summed E-state index contributed by atoms with van der Waals surface area (Å²) in [4.78, 5) is 30.0. The molecule has 2 aromatic rings. The van der Waals surface area contributed by atoms with E-state index >= 15 is 0 Å². The Hall–Kier alpha value is -3.06. The highest BCUT2D eigenvalue weighted by Crippen LogP contribution is 2.33. The monoisotopic (exact) mass is 382 g/mol. The Morgan fingerprint density at radius 3 is 2.78 bits per heavy atom. The maximum absolute atomic E-state index is 12.5. The van der Waals surface area contributed by atoms with E-state index in [1.165, 1.54) is 28.8 Å². The number of thioether (sulfide) groups is 1. The minimum atomic E-state index is -1.02. The van der Waals surface area contributed by atoms with Crippen LogP contribution in [0.2, 0.25) is 0 Å². The van der Waals surface area contributed by atoms with Crippen LogP contribution in [0.3, 0.4) is 0 Å². The molecule has 1 fully saturated rings. The number of benzene rings is 2. The smallest absolute Gasteiger partial charge is 0.335 e. The number of nitrogens with zero attached hydrogens (tertiary/aromatic N) is 2. The second-order valence-corrected chi connectivity index (χ2v) is 6.74. The normalized spacial score (nSPS) is 17.0. The predicted octanol–water partition coefficient (Wildman–Crippen LogP) is 4.02. The molecule has 0 radical (unpaired) electrons. The summed E-state index contributed by atoms with van der Waals surface area (Å²) >= 11 is 1.25. The second kappa shape index (κ2) is 8.09. The fourth-order valence-corrected chi connectivity index (χ4v) is 3.47. The quantitative estimate of drug-likeness (QED) is 0.790. The summed E-state index contributed by atoms with van der Waals surface area (Å²) in [5.41, 5.74) is 1.49. The van der Waals surface area contributed by atoms with Gasteiger partial charge in [0, 0.05) is 7.05 Å². The molecule has 1 aliphatic heterocycles. The van der Waals surface area contributed by atoms with Crippen LogP contribution in [0.4, 0.5) is 5.69 Å². The van der Waals surface area contributed by atoms with Gasteiger partial charge >= 0.3 is 5.97 Å². The topological polar surface area (TPSA) is 79.2 Å². The Morgan fingerprint density at radius 1 is 1.26 bits per heavy atom. The number of rotatable bonds is 5. The molecule has 1 amide bonds. The third kappa shape index (κ3) is 4.38. The summed E-state index contributed by atoms with van der Waals surface area (Å²) in [6, 6.07) is 13.8. The number of carbonyl (C=O) groups is 2. The molecule has 0 atom stereocenters. The summed E-state index contributed by atoms with van der Waals surface area (Å²) in [5.74, 6) is -0.430. The maximum atomic E-state index is 12.5. The number of amides is 1. The van der Waals surface area contributed by atoms with Crippen LogP contribution in [0.25, 0.3) is 6.08 Å². The van der Waals surface area contributed by atoms with E-state index in [1.54, 1.807) is 25.3 Å². The van der Waals surface area contributed by atoms with Gasteiger partial charge in [-0.05, 0) is 60.7 Å². The molecular weight excluding hydrogens is 364 g/mol. The molecule has 0 bridgehead atoms. The van der Waals surface area contributed by atoms with Crippen LogP contribution in [0, 0.1) is 0 Å². The molecule has 0 unspecified atom stereocenters. The van der Waals surface area contributed by atoms with Crippen molar-refractivity contribution in [3.8, 4) is 5.75 Å². The second-order valence-electron chi connectivity index (χ2n) is 5.73. The van der Waals surface area contributed by atoms with Crippen molar-refractivity contribution in [2.75, 3.05) is 13.7 Å². The van der Waals surface area contributed by atoms with Gasteiger partial charge in [0.15, 0.2) is 5.17 Å². The molecule has 6 nitrogen and oxygen atoms in total. The molecule has 3 rings (SSSR count). The minimum Gasteiger partial charge on any atom is -0.494 e. The fraction of sp³-hybridized carbons (Fsp3) is 0.150. The van der Waals surface area contributed by atoms with Gasteiger partial charge in [-0.25, -0.2) is 9.79 Å². The van der Waals surface area contributed by atoms with Crippen LogP contribution in [0.15, 0.2) is 58.4 Å². The summed E-state index contributed by atoms with van der Waals surface area (Å²) < 4.78 is 5.49. The molecule has 0 spiro atoms. The predicted molar refractivity (Wildman–Crippen MR) is 106 cm³/mol. The van der Waals surface area contributed by atoms with Crippen molar-refractivity contribution in [3.05, 3.63) is 64.6 Å². The van der Waals surface area contributed by atoms with E-state index in [2.05, 4.69) is 4.99 Å². The van der Waals surface area contributed by atoms with Crippen molar-refractivity contribution in [1.29, 1.82) is 0 Å². The molecule has 0 saturated carbocycles. The van der Waals surface area contributed by atoms with Gasteiger partial charge in [0.05, 0.1) is 22.8 Å². The molecule has 2 aromatic carbocycles. The molecule has 1 aliphatic rings. The molecular formula is C20H18N2O4S. The Morgan fingerprint density at radius 2 is 2.04 bits per heavy atom. The van der Waals surface area contributed by atoms with E-state index in [0.717, 1.165) is 11.3 Å². The average Bonchev–Trinajstić information content (AvgIpc) is 2.90. The number of carboxylic acids is 1. The van der Waals surface area contributed by atoms with E-state index in [-0.39, 0.29) is 11.5 Å². The number of hydrogen-bond acceptors (Lipinski definition) is 5. The number of carboxylic acid groups (broad SMARTS) is 1. The molecule has 0 aromatic heterocycles. The van der Waals surface area contributed by atoms with Crippen LogP contribution in [-0.4, -0.2) is 40.7 Å². The van der Waals surface area contributed by atoms with Crippen LogP contribution in [-0.2, 0) is 4.79 Å². The summed E-state index contributed by atoms with van der Waals surface area (Å²) in [7, 11) is 1.65. The first kappa shape index (κ1) is 18.7. The van der Waals surface area contributed by atoms with Crippen LogP contribution in [0.1, 0.15) is 22.8 Å². The molecule has 27 heavy (non-hydrogen) atoms. The van der Waals surface area contributed by atoms with E-state index in [4.69, 9.17) is 9.84 Å². The highest BCUT2D eigenvalue weighted by molar-refractivity contribution is 8.18. The number of carbonyl (C=O) groups excluding carboxylic acids is 1. The van der Waals surface area contributed by atoms with E-state index in [1.807, 2.05) is 31.2 Å². The largest absolute Gasteiger partial charge is 0.494 e. The minimum absolute atomic E-state index is 0.150. The van der Waals surface area contributed by atoms with Gasteiger partial charge in [0.25, 0.3) is 5.91 Å². The highest BCUT2D eigenvalue weighted by atomic mass is 32.2. The van der Waals surface area contributed by atoms with Crippen molar-refractivity contribution in [2.24, 2.45) is 4.99 Å². The lowest BCUT2D eigenvalue weighted by Gasteiger charge is -2.07. The highest BCUT2D eigenvalue weighted by Gasteiger charge is 2.30. The van der Waals surface area contributed by atoms with Crippen molar-refractivity contribution < 1.29 is 19.4 Å². The fourth-order valence-electron chi connectivity index (χ4n) is 2.48. The van der Waals surface area contributed by atoms with Gasteiger partial charge in [-0.1, -0.05) is 18.2 Å². The maximum Gasteiger partial charge on any atom is 0.335 e. The Labute approximate surface area is 161 Å². The Bertz CT molecular complexity index is 953. The van der Waals surface area contributed by atoms with Gasteiger partial charge < -0.3 is 9.84 Å². The van der Waals surface area contributed by atoms with Gasteiger partial charge in [-0.15, -0.1) is 0 Å². The first-order valence-electron chi connectivity index (χ1n) is 8.30.